The number of halogens is 1. The first-order valence-electron chi connectivity index (χ1n) is 12.9. The van der Waals surface area contributed by atoms with Crippen molar-refractivity contribution in [3.05, 3.63) is 65.1 Å². The topological polar surface area (TPSA) is 75.6 Å². The van der Waals surface area contributed by atoms with Gasteiger partial charge in [0.05, 0.1) is 24.1 Å². The third-order valence-corrected chi connectivity index (χ3v) is 7.98. The molecule has 0 saturated carbocycles. The number of hydrogen-bond acceptors (Lipinski definition) is 5. The number of benzene rings is 1. The zero-order valence-corrected chi connectivity index (χ0v) is 21.8. The fraction of sp³-hybridized carbons (Fsp3) is 0.483. The molecule has 0 radical (unpaired) electrons. The van der Waals surface area contributed by atoms with Crippen molar-refractivity contribution >= 4 is 28.5 Å². The zero-order valence-electron chi connectivity index (χ0n) is 21.1. The van der Waals surface area contributed by atoms with Gasteiger partial charge in [0.1, 0.15) is 5.75 Å². The number of likely N-dealkylation sites (tertiary alicyclic amines) is 1. The Morgan fingerprint density at radius 3 is 2.61 bits per heavy atom. The van der Waals surface area contributed by atoms with E-state index < -0.39 is 5.97 Å². The molecule has 1 aromatic carbocycles. The van der Waals surface area contributed by atoms with E-state index in [4.69, 9.17) is 16.3 Å². The molecule has 4 rings (SSSR count). The molecule has 1 fully saturated rings. The van der Waals surface area contributed by atoms with E-state index in [-0.39, 0.29) is 11.8 Å². The third-order valence-electron chi connectivity index (χ3n) is 7.65. The molecule has 3 heterocycles. The highest BCUT2D eigenvalue weighted by Gasteiger charge is 2.36. The molecular formula is C29H36ClN3O3. The maximum absolute atomic E-state index is 11.8. The predicted octanol–water partition coefficient (Wildman–Crippen LogP) is 6.19. The summed E-state index contributed by atoms with van der Waals surface area (Å²) in [5.41, 5.74) is 3.15. The van der Waals surface area contributed by atoms with Crippen LogP contribution in [0.1, 0.15) is 56.1 Å². The van der Waals surface area contributed by atoms with E-state index in [0.717, 1.165) is 93.2 Å². The summed E-state index contributed by atoms with van der Waals surface area (Å²) in [7, 11) is 1.65. The molecule has 36 heavy (non-hydrogen) atoms. The Labute approximate surface area is 218 Å². The number of piperidine rings is 1. The van der Waals surface area contributed by atoms with E-state index in [1.165, 1.54) is 5.56 Å². The quantitative estimate of drug-likeness (QED) is 0.293. The number of carboxylic acid groups (broad SMARTS) is 1. The average Bonchev–Trinajstić information content (AvgIpc) is 2.89. The molecule has 192 valence electrons. The van der Waals surface area contributed by atoms with Crippen molar-refractivity contribution < 1.29 is 14.6 Å². The summed E-state index contributed by atoms with van der Waals surface area (Å²) in [6.07, 6.45) is 13.5. The summed E-state index contributed by atoms with van der Waals surface area (Å²) in [6, 6.07) is 10.0. The molecule has 0 unspecified atom stereocenters. The molecule has 0 amide bonds. The lowest BCUT2D eigenvalue weighted by molar-refractivity contribution is -0.140. The fourth-order valence-corrected chi connectivity index (χ4v) is 5.77. The Hall–Kier alpha value is -2.70. The lowest BCUT2D eigenvalue weighted by Crippen LogP contribution is -2.41. The molecule has 0 spiro atoms. The minimum atomic E-state index is -0.696. The van der Waals surface area contributed by atoms with Crippen molar-refractivity contribution in [2.45, 2.75) is 57.8 Å². The summed E-state index contributed by atoms with van der Waals surface area (Å²) in [5.74, 6) is 0.0845. The van der Waals surface area contributed by atoms with Gasteiger partial charge in [0, 0.05) is 24.0 Å². The first kappa shape index (κ1) is 26.4. The minimum Gasteiger partial charge on any atom is -0.497 e. The standard InChI is InChI=1S/C29H36ClN3O3/c1-36-23-7-8-27-25(19-23)24(26(30)21-32-27)6-4-11-29(20-28(34)35)12-17-33(18-13-29)16-3-2-5-22-9-14-31-15-10-22/h7-10,14-15,19,21H,2-6,11-13,16-18,20H2,1H3,(H,34,35). The zero-order chi connectivity index (χ0) is 25.4. The first-order valence-corrected chi connectivity index (χ1v) is 13.3. The maximum atomic E-state index is 11.8. The monoisotopic (exact) mass is 509 g/mol. The van der Waals surface area contributed by atoms with Gasteiger partial charge in [0.25, 0.3) is 0 Å². The number of carboxylic acids is 1. The number of methoxy groups -OCH3 is 1. The highest BCUT2D eigenvalue weighted by Crippen LogP contribution is 2.40. The van der Waals surface area contributed by atoms with Crippen LogP contribution in [0, 0.1) is 5.41 Å². The Morgan fingerprint density at radius 2 is 1.89 bits per heavy atom. The second-order valence-electron chi connectivity index (χ2n) is 10.0. The van der Waals surface area contributed by atoms with Gasteiger partial charge in [-0.2, -0.15) is 0 Å². The van der Waals surface area contributed by atoms with E-state index in [2.05, 4.69) is 27.0 Å². The van der Waals surface area contributed by atoms with Crippen LogP contribution in [-0.2, 0) is 17.6 Å². The van der Waals surface area contributed by atoms with Crippen LogP contribution in [0.3, 0.4) is 0 Å². The first-order chi connectivity index (χ1) is 17.5. The molecule has 2 aromatic heterocycles. The molecular weight excluding hydrogens is 474 g/mol. The number of aromatic nitrogens is 2. The molecule has 1 aliphatic rings. The maximum Gasteiger partial charge on any atom is 0.303 e. The van der Waals surface area contributed by atoms with Gasteiger partial charge in [-0.05, 0) is 118 Å². The number of ether oxygens (including phenoxy) is 1. The van der Waals surface area contributed by atoms with Gasteiger partial charge < -0.3 is 14.7 Å². The van der Waals surface area contributed by atoms with Gasteiger partial charge in [-0.15, -0.1) is 0 Å². The number of fused-ring (bicyclic) bond motifs is 1. The van der Waals surface area contributed by atoms with E-state index in [1.807, 2.05) is 30.6 Å². The van der Waals surface area contributed by atoms with Gasteiger partial charge in [0.2, 0.25) is 0 Å². The van der Waals surface area contributed by atoms with Crippen molar-refractivity contribution in [3.8, 4) is 5.75 Å². The Kier molecular flexibility index (Phi) is 9.16. The van der Waals surface area contributed by atoms with Crippen molar-refractivity contribution in [1.82, 2.24) is 14.9 Å². The average molecular weight is 510 g/mol. The lowest BCUT2D eigenvalue weighted by atomic mass is 9.72. The van der Waals surface area contributed by atoms with E-state index in [1.54, 1.807) is 13.3 Å². The molecule has 1 saturated heterocycles. The number of unbranched alkanes of at least 4 members (excludes halogenated alkanes) is 1. The van der Waals surface area contributed by atoms with Gasteiger partial charge >= 0.3 is 5.97 Å². The Balaban J connectivity index is 1.31. The highest BCUT2D eigenvalue weighted by atomic mass is 35.5. The summed E-state index contributed by atoms with van der Waals surface area (Å²) >= 11 is 6.55. The summed E-state index contributed by atoms with van der Waals surface area (Å²) in [6.45, 7) is 3.02. The number of aliphatic carboxylic acids is 1. The second kappa shape index (κ2) is 12.5. The van der Waals surface area contributed by atoms with Crippen molar-refractivity contribution in [3.63, 3.8) is 0 Å². The highest BCUT2D eigenvalue weighted by molar-refractivity contribution is 6.32. The number of nitrogens with zero attached hydrogens (tertiary/aromatic N) is 3. The molecule has 0 atom stereocenters. The van der Waals surface area contributed by atoms with Gasteiger partial charge in [-0.25, -0.2) is 0 Å². The van der Waals surface area contributed by atoms with Gasteiger partial charge in [-0.1, -0.05) is 11.6 Å². The summed E-state index contributed by atoms with van der Waals surface area (Å²) in [5, 5.41) is 11.3. The lowest BCUT2D eigenvalue weighted by Gasteiger charge is -2.41. The molecule has 0 aliphatic carbocycles. The Morgan fingerprint density at radius 1 is 1.11 bits per heavy atom. The molecule has 3 aromatic rings. The van der Waals surface area contributed by atoms with Crippen LogP contribution in [0.25, 0.3) is 10.9 Å². The number of hydrogen-bond donors (Lipinski definition) is 1. The largest absolute Gasteiger partial charge is 0.497 e. The van der Waals surface area contributed by atoms with E-state index in [0.29, 0.717) is 5.02 Å². The van der Waals surface area contributed by atoms with Crippen LogP contribution in [-0.4, -0.2) is 52.7 Å². The second-order valence-corrected chi connectivity index (χ2v) is 10.5. The van der Waals surface area contributed by atoms with Crippen molar-refractivity contribution in [2.75, 3.05) is 26.7 Å². The third kappa shape index (κ3) is 6.95. The number of carbonyl (C=O) groups is 1. The van der Waals surface area contributed by atoms with Crippen LogP contribution >= 0.6 is 11.6 Å². The van der Waals surface area contributed by atoms with Crippen molar-refractivity contribution in [1.29, 1.82) is 0 Å². The van der Waals surface area contributed by atoms with E-state index >= 15 is 0 Å². The SMILES string of the molecule is COc1ccc2ncc(Cl)c(CCCC3(CC(=O)O)CCN(CCCCc4ccncc4)CC3)c2c1. The van der Waals surface area contributed by atoms with E-state index in [9.17, 15) is 9.90 Å². The van der Waals surface area contributed by atoms with Gasteiger partial charge in [0.15, 0.2) is 0 Å². The van der Waals surface area contributed by atoms with Crippen LogP contribution in [0.2, 0.25) is 5.02 Å². The minimum absolute atomic E-state index is 0.146. The van der Waals surface area contributed by atoms with Gasteiger partial charge in [-0.3, -0.25) is 14.8 Å². The predicted molar refractivity (Wildman–Crippen MR) is 144 cm³/mol. The fourth-order valence-electron chi connectivity index (χ4n) is 5.52. The molecule has 7 heteroatoms. The van der Waals surface area contributed by atoms with Crippen LogP contribution in [0.15, 0.2) is 48.9 Å². The number of rotatable bonds is 12. The van der Waals surface area contributed by atoms with Crippen molar-refractivity contribution in [2.24, 2.45) is 5.41 Å². The normalized spacial score (nSPS) is 15.7. The molecule has 1 N–H and O–H groups in total. The number of pyridine rings is 2. The van der Waals surface area contributed by atoms with Crippen LogP contribution in [0.5, 0.6) is 5.75 Å². The Bertz CT molecular complexity index is 1150. The van der Waals surface area contributed by atoms with Crippen LogP contribution in [0.4, 0.5) is 0 Å². The molecule has 0 bridgehead atoms. The smallest absolute Gasteiger partial charge is 0.303 e. The number of aryl methyl sites for hydroxylation is 2. The molecule has 1 aliphatic heterocycles. The summed E-state index contributed by atoms with van der Waals surface area (Å²) in [4.78, 5) is 22.8. The molecule has 6 nitrogen and oxygen atoms in total. The van der Waals surface area contributed by atoms with Crippen LogP contribution < -0.4 is 4.74 Å². The summed E-state index contributed by atoms with van der Waals surface area (Å²) < 4.78 is 5.40.